The van der Waals surface area contributed by atoms with E-state index in [0.29, 0.717) is 12.6 Å². The molecular weight excluding hydrogens is 433 g/mol. The number of aromatic nitrogens is 2. The van der Waals surface area contributed by atoms with Crippen molar-refractivity contribution in [3.05, 3.63) is 23.8 Å². The summed E-state index contributed by atoms with van der Waals surface area (Å²) in [5, 5.41) is 10.0. The smallest absolute Gasteiger partial charge is 0.475 e. The van der Waals surface area contributed by atoms with Gasteiger partial charge in [0.2, 0.25) is 5.91 Å². The van der Waals surface area contributed by atoms with Crippen LogP contribution in [0, 0.1) is 6.92 Å². The third-order valence-corrected chi connectivity index (χ3v) is 5.20. The van der Waals surface area contributed by atoms with E-state index in [0.717, 1.165) is 57.0 Å². The molecule has 2 N–H and O–H groups in total. The van der Waals surface area contributed by atoms with E-state index in [2.05, 4.69) is 20.2 Å². The van der Waals surface area contributed by atoms with Crippen LogP contribution in [-0.4, -0.2) is 82.6 Å². The number of alkyl halides is 3. The van der Waals surface area contributed by atoms with Gasteiger partial charge < -0.3 is 19.9 Å². The maximum Gasteiger partial charge on any atom is 0.490 e. The first-order valence-electron chi connectivity index (χ1n) is 10.4. The van der Waals surface area contributed by atoms with Gasteiger partial charge in [0.05, 0.1) is 36.8 Å². The van der Waals surface area contributed by atoms with E-state index in [1.807, 2.05) is 13.8 Å². The van der Waals surface area contributed by atoms with E-state index >= 15 is 0 Å². The van der Waals surface area contributed by atoms with Crippen LogP contribution in [0.1, 0.15) is 37.6 Å². The summed E-state index contributed by atoms with van der Waals surface area (Å²) in [6, 6.07) is 0.424. The van der Waals surface area contributed by atoms with Crippen LogP contribution in [0.5, 0.6) is 0 Å². The Morgan fingerprint density at radius 2 is 2.00 bits per heavy atom. The SMILES string of the molecule is CCOCCN1CC[C@H]2O[C@@H](C(=O)NCc3cnc(C)cn3)CC[C@H]21.O=C(O)C(F)(F)F. The highest BCUT2D eigenvalue weighted by Crippen LogP contribution is 2.31. The molecule has 0 saturated carbocycles. The first-order chi connectivity index (χ1) is 15.1. The number of carboxylic acid groups (broad SMARTS) is 1. The zero-order valence-corrected chi connectivity index (χ0v) is 18.1. The molecule has 0 unspecified atom stereocenters. The molecule has 1 aromatic rings. The molecule has 2 aliphatic rings. The minimum Gasteiger partial charge on any atom is -0.475 e. The maximum absolute atomic E-state index is 12.4. The molecule has 1 aromatic heterocycles. The van der Waals surface area contributed by atoms with Crippen LogP contribution in [0.25, 0.3) is 0 Å². The zero-order chi connectivity index (χ0) is 23.7. The average molecular weight is 462 g/mol. The van der Waals surface area contributed by atoms with Gasteiger partial charge in [-0.1, -0.05) is 0 Å². The molecule has 0 aromatic carbocycles. The van der Waals surface area contributed by atoms with Crippen LogP contribution in [-0.2, 0) is 25.6 Å². The molecular formula is C20H29F3N4O5. The van der Waals surface area contributed by atoms with Crippen molar-refractivity contribution in [3.8, 4) is 0 Å². The predicted molar refractivity (Wildman–Crippen MR) is 107 cm³/mol. The number of halogens is 3. The van der Waals surface area contributed by atoms with E-state index in [1.165, 1.54) is 0 Å². The Kier molecular flexibility index (Phi) is 9.79. The highest BCUT2D eigenvalue weighted by Gasteiger charge is 2.41. The van der Waals surface area contributed by atoms with Gasteiger partial charge in [-0.05, 0) is 33.1 Å². The number of nitrogens with zero attached hydrogens (tertiary/aromatic N) is 3. The Balaban J connectivity index is 0.000000451. The number of hydrogen-bond donors (Lipinski definition) is 2. The van der Waals surface area contributed by atoms with Gasteiger partial charge in [-0.25, -0.2) is 4.79 Å². The largest absolute Gasteiger partial charge is 0.490 e. The maximum atomic E-state index is 12.4. The minimum atomic E-state index is -5.08. The van der Waals surface area contributed by atoms with Crippen molar-refractivity contribution in [2.45, 2.75) is 64.1 Å². The summed E-state index contributed by atoms with van der Waals surface area (Å²) in [5.41, 5.74) is 1.63. The fourth-order valence-corrected chi connectivity index (χ4v) is 3.61. The monoisotopic (exact) mass is 462 g/mol. The lowest BCUT2D eigenvalue weighted by atomic mass is 9.98. The quantitative estimate of drug-likeness (QED) is 0.589. The fourth-order valence-electron chi connectivity index (χ4n) is 3.61. The topological polar surface area (TPSA) is 114 Å². The third-order valence-electron chi connectivity index (χ3n) is 5.20. The highest BCUT2D eigenvalue weighted by molar-refractivity contribution is 5.80. The molecule has 0 spiro atoms. The number of aliphatic carboxylic acids is 1. The molecule has 0 radical (unpaired) electrons. The van der Waals surface area contributed by atoms with E-state index in [1.54, 1.807) is 12.4 Å². The molecule has 0 bridgehead atoms. The van der Waals surface area contributed by atoms with Gasteiger partial charge in [0, 0.05) is 31.9 Å². The summed E-state index contributed by atoms with van der Waals surface area (Å²) in [5.74, 6) is -2.80. The zero-order valence-electron chi connectivity index (χ0n) is 18.1. The molecule has 2 fully saturated rings. The standard InChI is InChI=1S/C18H28N4O3.C2HF3O2/c1-3-24-9-8-22-7-6-16-15(22)4-5-17(25-16)18(23)21-12-14-11-19-13(2)10-20-14;3-2(4,5)1(6)7/h10-11,15-17H,3-9,12H2,1-2H3,(H,21,23);(H,6,7)/t15-,16-,17-;/m1./s1. The number of carbonyl (C=O) groups excluding carboxylic acids is 1. The Morgan fingerprint density at radius 1 is 1.28 bits per heavy atom. The summed E-state index contributed by atoms with van der Waals surface area (Å²) in [6.07, 6.45) is 0.872. The van der Waals surface area contributed by atoms with Crippen LogP contribution >= 0.6 is 0 Å². The molecule has 0 aliphatic carbocycles. The van der Waals surface area contributed by atoms with Crippen molar-refractivity contribution < 1.29 is 37.3 Å². The fraction of sp³-hybridized carbons (Fsp3) is 0.700. The van der Waals surface area contributed by atoms with Gasteiger partial charge in [-0.3, -0.25) is 19.7 Å². The number of likely N-dealkylation sites (tertiary alicyclic amines) is 1. The molecule has 3 heterocycles. The Hall–Kier alpha value is -2.31. The summed E-state index contributed by atoms with van der Waals surface area (Å²) in [4.78, 5) is 32.2. The number of ether oxygens (including phenoxy) is 2. The lowest BCUT2D eigenvalue weighted by Gasteiger charge is -2.35. The average Bonchev–Trinajstić information content (AvgIpc) is 3.15. The third kappa shape index (κ3) is 7.99. The van der Waals surface area contributed by atoms with Gasteiger partial charge in [0.25, 0.3) is 0 Å². The van der Waals surface area contributed by atoms with Gasteiger partial charge in [-0.2, -0.15) is 13.2 Å². The number of amides is 1. The molecule has 3 rings (SSSR count). The van der Waals surface area contributed by atoms with E-state index < -0.39 is 12.1 Å². The molecule has 9 nitrogen and oxygen atoms in total. The van der Waals surface area contributed by atoms with Crippen molar-refractivity contribution >= 4 is 11.9 Å². The Bertz CT molecular complexity index is 748. The van der Waals surface area contributed by atoms with Crippen LogP contribution in [0.3, 0.4) is 0 Å². The molecule has 2 saturated heterocycles. The number of fused-ring (bicyclic) bond motifs is 1. The Labute approximate surface area is 184 Å². The molecule has 180 valence electrons. The molecule has 32 heavy (non-hydrogen) atoms. The van der Waals surface area contributed by atoms with Gasteiger partial charge >= 0.3 is 12.1 Å². The second kappa shape index (κ2) is 12.1. The normalized spacial score (nSPS) is 23.1. The number of hydrogen-bond acceptors (Lipinski definition) is 7. The summed E-state index contributed by atoms with van der Waals surface area (Å²) < 4.78 is 43.3. The van der Waals surface area contributed by atoms with E-state index in [9.17, 15) is 18.0 Å². The highest BCUT2D eigenvalue weighted by atomic mass is 19.4. The van der Waals surface area contributed by atoms with Gasteiger partial charge in [0.15, 0.2) is 0 Å². The number of carboxylic acids is 1. The van der Waals surface area contributed by atoms with Crippen molar-refractivity contribution in [3.63, 3.8) is 0 Å². The molecule has 1 amide bonds. The number of nitrogens with one attached hydrogen (secondary N) is 1. The van der Waals surface area contributed by atoms with Crippen molar-refractivity contribution in [1.82, 2.24) is 20.2 Å². The lowest BCUT2D eigenvalue weighted by molar-refractivity contribution is -0.192. The van der Waals surface area contributed by atoms with Crippen LogP contribution in [0.4, 0.5) is 13.2 Å². The second-order valence-corrected chi connectivity index (χ2v) is 7.50. The molecule has 12 heteroatoms. The number of rotatable bonds is 7. The van der Waals surface area contributed by atoms with Crippen molar-refractivity contribution in [1.29, 1.82) is 0 Å². The second-order valence-electron chi connectivity index (χ2n) is 7.50. The number of aryl methyl sites for hydroxylation is 1. The first-order valence-corrected chi connectivity index (χ1v) is 10.4. The number of carbonyl (C=O) groups is 2. The summed E-state index contributed by atoms with van der Waals surface area (Å²) in [6.45, 7) is 7.79. The Morgan fingerprint density at radius 3 is 2.59 bits per heavy atom. The van der Waals surface area contributed by atoms with Crippen LogP contribution < -0.4 is 5.32 Å². The van der Waals surface area contributed by atoms with Crippen LogP contribution in [0.15, 0.2) is 12.4 Å². The van der Waals surface area contributed by atoms with Gasteiger partial charge in [-0.15, -0.1) is 0 Å². The summed E-state index contributed by atoms with van der Waals surface area (Å²) in [7, 11) is 0. The summed E-state index contributed by atoms with van der Waals surface area (Å²) >= 11 is 0. The molecule has 2 aliphatic heterocycles. The predicted octanol–water partition coefficient (Wildman–Crippen LogP) is 1.69. The van der Waals surface area contributed by atoms with E-state index in [-0.39, 0.29) is 18.1 Å². The van der Waals surface area contributed by atoms with Gasteiger partial charge in [0.1, 0.15) is 6.10 Å². The minimum absolute atomic E-state index is 0.0476. The molecule has 3 atom stereocenters. The van der Waals surface area contributed by atoms with Crippen molar-refractivity contribution in [2.75, 3.05) is 26.3 Å². The first kappa shape index (κ1) is 25.9. The lowest BCUT2D eigenvalue weighted by Crippen LogP contribution is -2.48. The van der Waals surface area contributed by atoms with E-state index in [4.69, 9.17) is 19.4 Å². The van der Waals surface area contributed by atoms with Crippen LogP contribution in [0.2, 0.25) is 0 Å². The van der Waals surface area contributed by atoms with Crippen molar-refractivity contribution in [2.24, 2.45) is 0 Å².